The number of amides is 1. The van der Waals surface area contributed by atoms with E-state index in [0.717, 1.165) is 32.1 Å². The van der Waals surface area contributed by atoms with Crippen LogP contribution >= 0.6 is 0 Å². The van der Waals surface area contributed by atoms with Gasteiger partial charge in [-0.15, -0.1) is 0 Å². The van der Waals surface area contributed by atoms with Crippen molar-refractivity contribution in [1.82, 2.24) is 9.44 Å². The lowest BCUT2D eigenvalue weighted by molar-refractivity contribution is 0.121. The van der Waals surface area contributed by atoms with Gasteiger partial charge in [-0.3, -0.25) is 0 Å². The van der Waals surface area contributed by atoms with Gasteiger partial charge in [-0.05, 0) is 38.6 Å². The van der Waals surface area contributed by atoms with Gasteiger partial charge in [-0.2, -0.15) is 13.1 Å². The van der Waals surface area contributed by atoms with Crippen LogP contribution in [0.5, 0.6) is 0 Å². The Balaban J connectivity index is 2.51. The molecule has 7 nitrogen and oxygen atoms in total. The largest absolute Gasteiger partial charge is 0.446 e. The molecule has 20 heavy (non-hydrogen) atoms. The third kappa shape index (κ3) is 5.64. The molecule has 0 radical (unpaired) electrons. The molecular formula is C12H25N3O4S. The van der Waals surface area contributed by atoms with Crippen LogP contribution in [0.4, 0.5) is 4.79 Å². The summed E-state index contributed by atoms with van der Waals surface area (Å²) in [6.07, 6.45) is 3.74. The first-order valence-electron chi connectivity index (χ1n) is 6.97. The van der Waals surface area contributed by atoms with E-state index in [9.17, 15) is 13.2 Å². The summed E-state index contributed by atoms with van der Waals surface area (Å²) in [5.74, 6) is 0. The van der Waals surface area contributed by atoms with E-state index in [-0.39, 0.29) is 18.1 Å². The van der Waals surface area contributed by atoms with Gasteiger partial charge in [0, 0.05) is 6.54 Å². The number of ether oxygens (including phenoxy) is 1. The van der Waals surface area contributed by atoms with Gasteiger partial charge in [-0.1, -0.05) is 19.3 Å². The molecule has 8 heteroatoms. The standard InChI is InChI=1S/C12H25N3O4S/c1-10(2)19-11(16)15-20(17,18)14-9-12(8-13)6-4-3-5-7-12/h10,14H,3-9,13H2,1-2H3,(H,15,16). The molecule has 1 saturated carbocycles. The average Bonchev–Trinajstić information content (AvgIpc) is 2.36. The molecule has 1 aliphatic carbocycles. The van der Waals surface area contributed by atoms with Crippen molar-refractivity contribution in [2.24, 2.45) is 11.1 Å². The van der Waals surface area contributed by atoms with Crippen molar-refractivity contribution >= 4 is 16.3 Å². The lowest BCUT2D eigenvalue weighted by Gasteiger charge is -2.36. The van der Waals surface area contributed by atoms with Crippen LogP contribution in [0.3, 0.4) is 0 Å². The Morgan fingerprint density at radius 2 is 1.90 bits per heavy atom. The minimum Gasteiger partial charge on any atom is -0.446 e. The number of hydrogen-bond donors (Lipinski definition) is 3. The molecule has 0 saturated heterocycles. The van der Waals surface area contributed by atoms with Crippen LogP contribution in [-0.4, -0.2) is 33.7 Å². The maximum absolute atomic E-state index is 11.8. The molecule has 0 aliphatic heterocycles. The minimum atomic E-state index is -3.90. The van der Waals surface area contributed by atoms with Gasteiger partial charge in [0.1, 0.15) is 0 Å². The average molecular weight is 307 g/mol. The lowest BCUT2D eigenvalue weighted by atomic mass is 9.74. The van der Waals surface area contributed by atoms with Crippen molar-refractivity contribution in [3.05, 3.63) is 0 Å². The van der Waals surface area contributed by atoms with E-state index < -0.39 is 16.3 Å². The quantitative estimate of drug-likeness (QED) is 0.674. The van der Waals surface area contributed by atoms with Crippen LogP contribution in [-0.2, 0) is 14.9 Å². The Hall–Kier alpha value is -0.860. The maximum atomic E-state index is 11.8. The van der Waals surface area contributed by atoms with Gasteiger partial charge < -0.3 is 10.5 Å². The maximum Gasteiger partial charge on any atom is 0.422 e. The molecule has 0 aromatic heterocycles. The fourth-order valence-corrected chi connectivity index (χ4v) is 3.22. The Morgan fingerprint density at radius 3 is 2.40 bits per heavy atom. The molecule has 0 unspecified atom stereocenters. The molecule has 1 rings (SSSR count). The lowest BCUT2D eigenvalue weighted by Crippen LogP contribution is -2.48. The highest BCUT2D eigenvalue weighted by Crippen LogP contribution is 2.34. The Kier molecular flexibility index (Phi) is 6.22. The summed E-state index contributed by atoms with van der Waals surface area (Å²) in [4.78, 5) is 11.3. The summed E-state index contributed by atoms with van der Waals surface area (Å²) in [6.45, 7) is 3.97. The molecule has 0 heterocycles. The first-order chi connectivity index (χ1) is 9.29. The van der Waals surface area contributed by atoms with Crippen molar-refractivity contribution in [3.63, 3.8) is 0 Å². The second-order valence-corrected chi connectivity index (χ2v) is 7.15. The molecule has 0 aromatic carbocycles. The molecular weight excluding hydrogens is 282 g/mol. The summed E-state index contributed by atoms with van der Waals surface area (Å²) in [5.41, 5.74) is 5.59. The normalized spacial score (nSPS) is 18.8. The summed E-state index contributed by atoms with van der Waals surface area (Å²) in [7, 11) is -3.90. The Morgan fingerprint density at radius 1 is 1.30 bits per heavy atom. The molecule has 4 N–H and O–H groups in total. The predicted molar refractivity (Wildman–Crippen MR) is 76.2 cm³/mol. The Labute approximate surface area is 120 Å². The smallest absolute Gasteiger partial charge is 0.422 e. The van der Waals surface area contributed by atoms with E-state index in [2.05, 4.69) is 4.72 Å². The fourth-order valence-electron chi connectivity index (χ4n) is 2.39. The van der Waals surface area contributed by atoms with Crippen LogP contribution < -0.4 is 15.2 Å². The van der Waals surface area contributed by atoms with Crippen molar-refractivity contribution in [2.45, 2.75) is 52.1 Å². The van der Waals surface area contributed by atoms with E-state index in [1.807, 2.05) is 4.72 Å². The SMILES string of the molecule is CC(C)OC(=O)NS(=O)(=O)NCC1(CN)CCCCC1. The van der Waals surface area contributed by atoms with Crippen LogP contribution in [0.2, 0.25) is 0 Å². The zero-order valence-electron chi connectivity index (χ0n) is 12.1. The second kappa shape index (κ2) is 7.24. The first-order valence-corrected chi connectivity index (χ1v) is 8.45. The number of hydrogen-bond acceptors (Lipinski definition) is 5. The molecule has 118 valence electrons. The van der Waals surface area contributed by atoms with Gasteiger partial charge in [0.25, 0.3) is 0 Å². The summed E-state index contributed by atoms with van der Waals surface area (Å²) >= 11 is 0. The van der Waals surface area contributed by atoms with Crippen molar-refractivity contribution in [3.8, 4) is 0 Å². The van der Waals surface area contributed by atoms with Crippen molar-refractivity contribution in [2.75, 3.05) is 13.1 Å². The van der Waals surface area contributed by atoms with Gasteiger partial charge in [0.05, 0.1) is 6.10 Å². The highest BCUT2D eigenvalue weighted by atomic mass is 32.2. The molecule has 0 aromatic rings. The molecule has 0 bridgehead atoms. The highest BCUT2D eigenvalue weighted by molar-refractivity contribution is 7.88. The summed E-state index contributed by atoms with van der Waals surface area (Å²) < 4.78 is 32.5. The first kappa shape index (κ1) is 17.2. The molecule has 1 fully saturated rings. The van der Waals surface area contributed by atoms with E-state index in [1.54, 1.807) is 13.8 Å². The van der Waals surface area contributed by atoms with Gasteiger partial charge in [0.2, 0.25) is 0 Å². The number of carbonyl (C=O) groups is 1. The van der Waals surface area contributed by atoms with Crippen LogP contribution in [0.1, 0.15) is 46.0 Å². The highest BCUT2D eigenvalue weighted by Gasteiger charge is 2.32. The van der Waals surface area contributed by atoms with Crippen molar-refractivity contribution in [1.29, 1.82) is 0 Å². The van der Waals surface area contributed by atoms with E-state index in [1.165, 1.54) is 0 Å². The van der Waals surface area contributed by atoms with E-state index in [4.69, 9.17) is 10.5 Å². The Bertz CT molecular complexity index is 416. The zero-order valence-corrected chi connectivity index (χ0v) is 13.0. The van der Waals surface area contributed by atoms with Gasteiger partial charge in [-0.25, -0.2) is 9.52 Å². The second-order valence-electron chi connectivity index (χ2n) is 5.65. The molecule has 1 aliphatic rings. The number of nitrogens with two attached hydrogens (primary N) is 1. The predicted octanol–water partition coefficient (Wildman–Crippen LogP) is 0.865. The van der Waals surface area contributed by atoms with Crippen LogP contribution in [0, 0.1) is 5.41 Å². The van der Waals surface area contributed by atoms with E-state index >= 15 is 0 Å². The van der Waals surface area contributed by atoms with Crippen molar-refractivity contribution < 1.29 is 17.9 Å². The van der Waals surface area contributed by atoms with Gasteiger partial charge >= 0.3 is 16.3 Å². The van der Waals surface area contributed by atoms with Gasteiger partial charge in [0.15, 0.2) is 0 Å². The van der Waals surface area contributed by atoms with Crippen LogP contribution in [0.25, 0.3) is 0 Å². The monoisotopic (exact) mass is 307 g/mol. The summed E-state index contributed by atoms with van der Waals surface area (Å²) in [6, 6.07) is 0. The molecule has 0 spiro atoms. The topological polar surface area (TPSA) is 111 Å². The molecule has 0 atom stereocenters. The number of carbonyl (C=O) groups excluding carboxylic acids is 1. The number of rotatable bonds is 6. The van der Waals surface area contributed by atoms with Crippen LogP contribution in [0.15, 0.2) is 0 Å². The number of nitrogens with one attached hydrogen (secondary N) is 2. The minimum absolute atomic E-state index is 0.199. The van der Waals surface area contributed by atoms with E-state index in [0.29, 0.717) is 6.54 Å². The third-order valence-corrected chi connectivity index (χ3v) is 4.50. The third-order valence-electron chi connectivity index (χ3n) is 3.54. The molecule has 1 amide bonds. The summed E-state index contributed by atoms with van der Waals surface area (Å²) in [5, 5.41) is 0. The fraction of sp³-hybridized carbons (Fsp3) is 0.917. The zero-order chi connectivity index (χ0) is 15.2.